The number of hydrogen-bond donors (Lipinski definition) is 2. The maximum Gasteiger partial charge on any atom is 0.223 e. The van der Waals surface area contributed by atoms with Crippen molar-refractivity contribution in [2.75, 3.05) is 18.2 Å². The Labute approximate surface area is 155 Å². The second kappa shape index (κ2) is 7.25. The molecule has 1 aromatic carbocycles. The number of halogens is 1. The van der Waals surface area contributed by atoms with Crippen LogP contribution in [-0.4, -0.2) is 22.1 Å². The number of benzene rings is 1. The van der Waals surface area contributed by atoms with Crippen LogP contribution in [0, 0.1) is 6.92 Å². The zero-order valence-corrected chi connectivity index (χ0v) is 15.6. The molecule has 0 saturated heterocycles. The van der Waals surface area contributed by atoms with Gasteiger partial charge in [0.2, 0.25) is 5.95 Å². The van der Waals surface area contributed by atoms with E-state index in [9.17, 15) is 0 Å². The standard InChI is InChI=1S/C17H18ClN5OS/c1-9(20-14-8-13(18)22-17(19)23-14)15-10(2)21-16(25-15)11-4-6-12(24-3)7-5-11/h4-9H,1-3H3,(H3,19,20,22,23). The van der Waals surface area contributed by atoms with Gasteiger partial charge >= 0.3 is 0 Å². The molecule has 2 heterocycles. The Hall–Kier alpha value is -2.38. The third-order valence-electron chi connectivity index (χ3n) is 3.64. The molecule has 0 aliphatic carbocycles. The van der Waals surface area contributed by atoms with Gasteiger partial charge in [0, 0.05) is 16.5 Å². The highest BCUT2D eigenvalue weighted by Crippen LogP contribution is 2.33. The number of ether oxygens (including phenoxy) is 1. The Morgan fingerprint density at radius 2 is 1.92 bits per heavy atom. The van der Waals surface area contributed by atoms with Crippen molar-refractivity contribution < 1.29 is 4.74 Å². The molecule has 3 N–H and O–H groups in total. The van der Waals surface area contributed by atoms with E-state index < -0.39 is 0 Å². The number of aryl methyl sites for hydroxylation is 1. The molecule has 25 heavy (non-hydrogen) atoms. The fourth-order valence-corrected chi connectivity index (χ4v) is 3.73. The molecule has 0 bridgehead atoms. The number of nitrogens with two attached hydrogens (primary N) is 1. The quantitative estimate of drug-likeness (QED) is 0.645. The topological polar surface area (TPSA) is 86.0 Å². The lowest BCUT2D eigenvalue weighted by atomic mass is 10.2. The Morgan fingerprint density at radius 3 is 2.56 bits per heavy atom. The van der Waals surface area contributed by atoms with Crippen molar-refractivity contribution in [3.8, 4) is 16.3 Å². The van der Waals surface area contributed by atoms with Gasteiger partial charge in [-0.1, -0.05) is 11.6 Å². The Balaban J connectivity index is 1.83. The second-order valence-corrected chi connectivity index (χ2v) is 6.92. The van der Waals surface area contributed by atoms with Gasteiger partial charge in [0.15, 0.2) is 0 Å². The molecule has 2 aromatic heterocycles. The van der Waals surface area contributed by atoms with Crippen LogP contribution in [0.3, 0.4) is 0 Å². The van der Waals surface area contributed by atoms with Gasteiger partial charge < -0.3 is 15.8 Å². The minimum atomic E-state index is 0.00913. The van der Waals surface area contributed by atoms with Crippen LogP contribution < -0.4 is 15.8 Å². The molecule has 130 valence electrons. The highest BCUT2D eigenvalue weighted by atomic mass is 35.5. The number of nitrogens with zero attached hydrogens (tertiary/aromatic N) is 3. The predicted molar refractivity (Wildman–Crippen MR) is 102 cm³/mol. The molecule has 3 rings (SSSR count). The molecule has 1 atom stereocenters. The van der Waals surface area contributed by atoms with Gasteiger partial charge in [0.25, 0.3) is 0 Å². The fraction of sp³-hybridized carbons (Fsp3) is 0.235. The van der Waals surface area contributed by atoms with Gasteiger partial charge in [-0.3, -0.25) is 0 Å². The highest BCUT2D eigenvalue weighted by Gasteiger charge is 2.16. The number of aromatic nitrogens is 3. The minimum Gasteiger partial charge on any atom is -0.497 e. The van der Waals surface area contributed by atoms with Crippen LogP contribution in [0.15, 0.2) is 30.3 Å². The predicted octanol–water partition coefficient (Wildman–Crippen LogP) is 4.33. The SMILES string of the molecule is COc1ccc(-c2nc(C)c(C(C)Nc3cc(Cl)nc(N)n3)s2)cc1. The monoisotopic (exact) mass is 375 g/mol. The van der Waals surface area contributed by atoms with Crippen molar-refractivity contribution in [2.45, 2.75) is 19.9 Å². The Bertz CT molecular complexity index is 861. The average Bonchev–Trinajstić information content (AvgIpc) is 2.96. The molecule has 8 heteroatoms. The molecule has 0 radical (unpaired) electrons. The zero-order valence-electron chi connectivity index (χ0n) is 14.1. The molecule has 1 unspecified atom stereocenters. The molecule has 0 saturated carbocycles. The molecule has 3 aromatic rings. The number of rotatable bonds is 5. The van der Waals surface area contributed by atoms with E-state index in [2.05, 4.69) is 20.3 Å². The number of anilines is 2. The van der Waals surface area contributed by atoms with E-state index in [4.69, 9.17) is 22.1 Å². The lowest BCUT2D eigenvalue weighted by Gasteiger charge is -2.13. The molecule has 0 fully saturated rings. The average molecular weight is 376 g/mol. The Morgan fingerprint density at radius 1 is 1.20 bits per heavy atom. The molecule has 0 spiro atoms. The summed E-state index contributed by atoms with van der Waals surface area (Å²) in [7, 11) is 1.65. The first-order valence-corrected chi connectivity index (χ1v) is 8.84. The summed E-state index contributed by atoms with van der Waals surface area (Å²) >= 11 is 7.57. The van der Waals surface area contributed by atoms with Crippen LogP contribution in [0.4, 0.5) is 11.8 Å². The third kappa shape index (κ3) is 4.00. The summed E-state index contributed by atoms with van der Waals surface area (Å²) in [5.74, 6) is 1.55. The molecular weight excluding hydrogens is 358 g/mol. The van der Waals surface area contributed by atoms with Crippen LogP contribution in [0.2, 0.25) is 5.15 Å². The molecule has 0 aliphatic rings. The first-order chi connectivity index (χ1) is 12.0. The maximum absolute atomic E-state index is 5.93. The normalized spacial score (nSPS) is 12.0. The van der Waals surface area contributed by atoms with E-state index in [1.165, 1.54) is 0 Å². The summed E-state index contributed by atoms with van der Waals surface area (Å²) in [6.07, 6.45) is 0. The summed E-state index contributed by atoms with van der Waals surface area (Å²) < 4.78 is 5.20. The number of nitrogen functional groups attached to an aromatic ring is 1. The van der Waals surface area contributed by atoms with Crippen LogP contribution in [-0.2, 0) is 0 Å². The van der Waals surface area contributed by atoms with Crippen molar-refractivity contribution in [2.24, 2.45) is 0 Å². The highest BCUT2D eigenvalue weighted by molar-refractivity contribution is 7.15. The second-order valence-electron chi connectivity index (χ2n) is 5.50. The molecule has 0 aliphatic heterocycles. The van der Waals surface area contributed by atoms with Crippen molar-refractivity contribution in [1.29, 1.82) is 0 Å². The number of thiazole rings is 1. The van der Waals surface area contributed by atoms with Crippen LogP contribution in [0.5, 0.6) is 5.75 Å². The molecular formula is C17H18ClN5OS. The maximum atomic E-state index is 5.93. The van der Waals surface area contributed by atoms with Crippen molar-refractivity contribution in [3.63, 3.8) is 0 Å². The van der Waals surface area contributed by atoms with E-state index in [0.717, 1.165) is 26.9 Å². The number of nitrogens with one attached hydrogen (secondary N) is 1. The summed E-state index contributed by atoms with van der Waals surface area (Å²) in [6, 6.07) is 9.52. The van der Waals surface area contributed by atoms with E-state index in [1.807, 2.05) is 38.1 Å². The lowest BCUT2D eigenvalue weighted by Crippen LogP contribution is -2.09. The number of methoxy groups -OCH3 is 1. The van der Waals surface area contributed by atoms with Gasteiger partial charge in [-0.25, -0.2) is 9.97 Å². The molecule has 0 amide bonds. The Kier molecular flexibility index (Phi) is 5.06. The van der Waals surface area contributed by atoms with Gasteiger partial charge in [-0.05, 0) is 38.1 Å². The largest absolute Gasteiger partial charge is 0.497 e. The van der Waals surface area contributed by atoms with Crippen LogP contribution in [0.1, 0.15) is 23.5 Å². The smallest absolute Gasteiger partial charge is 0.223 e. The summed E-state index contributed by atoms with van der Waals surface area (Å²) in [5.41, 5.74) is 7.67. The minimum absolute atomic E-state index is 0.00913. The molecule has 6 nitrogen and oxygen atoms in total. The van der Waals surface area contributed by atoms with E-state index in [0.29, 0.717) is 11.0 Å². The van der Waals surface area contributed by atoms with Crippen LogP contribution in [0.25, 0.3) is 10.6 Å². The van der Waals surface area contributed by atoms with Gasteiger partial charge in [0.1, 0.15) is 21.7 Å². The van der Waals surface area contributed by atoms with E-state index >= 15 is 0 Å². The number of hydrogen-bond acceptors (Lipinski definition) is 7. The van der Waals surface area contributed by atoms with Gasteiger partial charge in [0.05, 0.1) is 18.8 Å². The van der Waals surface area contributed by atoms with Crippen molar-refractivity contribution >= 4 is 34.7 Å². The van der Waals surface area contributed by atoms with Crippen molar-refractivity contribution in [1.82, 2.24) is 15.0 Å². The zero-order chi connectivity index (χ0) is 18.0. The summed E-state index contributed by atoms with van der Waals surface area (Å²) in [5, 5.41) is 4.57. The lowest BCUT2D eigenvalue weighted by molar-refractivity contribution is 0.415. The van der Waals surface area contributed by atoms with Crippen LogP contribution >= 0.6 is 22.9 Å². The first kappa shape index (κ1) is 17.4. The third-order valence-corrected chi connectivity index (χ3v) is 5.22. The van der Waals surface area contributed by atoms with Gasteiger partial charge in [-0.2, -0.15) is 4.98 Å². The van der Waals surface area contributed by atoms with Gasteiger partial charge in [-0.15, -0.1) is 11.3 Å². The first-order valence-electron chi connectivity index (χ1n) is 7.64. The van der Waals surface area contributed by atoms with Crippen molar-refractivity contribution in [3.05, 3.63) is 46.1 Å². The van der Waals surface area contributed by atoms with E-state index in [1.54, 1.807) is 24.5 Å². The summed E-state index contributed by atoms with van der Waals surface area (Å²) in [6.45, 7) is 4.04. The van der Waals surface area contributed by atoms with E-state index in [-0.39, 0.29) is 12.0 Å². The summed E-state index contributed by atoms with van der Waals surface area (Å²) in [4.78, 5) is 13.8. The fourth-order valence-electron chi connectivity index (χ4n) is 2.46.